The van der Waals surface area contributed by atoms with E-state index in [0.717, 1.165) is 11.1 Å². The van der Waals surface area contributed by atoms with Crippen LogP contribution in [0.4, 0.5) is 0 Å². The van der Waals surface area contributed by atoms with E-state index in [1.54, 1.807) is 36.5 Å². The van der Waals surface area contributed by atoms with Gasteiger partial charge in [0.15, 0.2) is 0 Å². The molecule has 1 aliphatic heterocycles. The molecule has 1 aromatic heterocycles. The lowest BCUT2D eigenvalue weighted by Crippen LogP contribution is -2.40. The van der Waals surface area contributed by atoms with E-state index >= 15 is 0 Å². The van der Waals surface area contributed by atoms with Crippen molar-refractivity contribution in [2.24, 2.45) is 5.92 Å². The maximum absolute atomic E-state index is 13.5. The predicted octanol–water partition coefficient (Wildman–Crippen LogP) is 2.69. The van der Waals surface area contributed by atoms with E-state index in [0.29, 0.717) is 29.7 Å². The molecule has 3 N–H and O–H groups in total. The number of nitrogens with zero attached hydrogens (tertiary/aromatic N) is 2. The van der Waals surface area contributed by atoms with Gasteiger partial charge in [-0.05, 0) is 44.9 Å². The minimum absolute atomic E-state index is 0.0403. The molecule has 1 fully saturated rings. The summed E-state index contributed by atoms with van der Waals surface area (Å²) < 4.78 is 5.53. The van der Waals surface area contributed by atoms with E-state index in [-0.39, 0.29) is 36.4 Å². The number of hydrogen-bond acceptors (Lipinski definition) is 5. The van der Waals surface area contributed by atoms with Crippen LogP contribution in [0.2, 0.25) is 0 Å². The van der Waals surface area contributed by atoms with Crippen LogP contribution < -0.4 is 10.1 Å². The second-order valence-electron chi connectivity index (χ2n) is 8.87. The maximum atomic E-state index is 13.5. The first kappa shape index (κ1) is 22.8. The van der Waals surface area contributed by atoms with Gasteiger partial charge < -0.3 is 20.1 Å². The van der Waals surface area contributed by atoms with Gasteiger partial charge in [0, 0.05) is 53.0 Å². The molecule has 1 aromatic carbocycles. The predicted molar refractivity (Wildman–Crippen MR) is 125 cm³/mol. The molecule has 0 spiro atoms. The molecule has 2 heterocycles. The number of rotatable bonds is 6. The molecule has 0 bridgehead atoms. The Kier molecular flexibility index (Phi) is 6.65. The first-order chi connectivity index (χ1) is 15.9. The molecule has 8 nitrogen and oxygen atoms in total. The van der Waals surface area contributed by atoms with Crippen LogP contribution in [0.25, 0.3) is 11.1 Å². The topological polar surface area (TPSA) is 108 Å². The first-order valence-corrected chi connectivity index (χ1v) is 11.2. The summed E-state index contributed by atoms with van der Waals surface area (Å²) >= 11 is 0. The van der Waals surface area contributed by atoms with Crippen LogP contribution in [0, 0.1) is 5.92 Å². The number of aliphatic hydroxyl groups excluding tert-OH is 1. The van der Waals surface area contributed by atoms with Crippen molar-refractivity contribution in [3.63, 3.8) is 0 Å². The number of H-pyrrole nitrogens is 1. The zero-order valence-corrected chi connectivity index (χ0v) is 19.1. The standard InChI is InChI=1S/C25H30N4O4/c1-15(2)28-24(31)17-6-4-5-16(9-17)22-11-20(30)14-29(22)25(32)18-7-8-21(23(10-18)33-3)19-12-26-27-13-19/h4,6-10,12-13,15-16,20,22,30H,5,11,14H2,1-3H3,(H,26,27)(H,28,31)/t16?,20?,22-/m1/s1. The summed E-state index contributed by atoms with van der Waals surface area (Å²) in [6.07, 6.45) is 9.78. The number of carbonyl (C=O) groups is 2. The van der Waals surface area contributed by atoms with Crippen molar-refractivity contribution >= 4 is 11.8 Å². The molecule has 33 heavy (non-hydrogen) atoms. The number of hydrogen-bond donors (Lipinski definition) is 3. The van der Waals surface area contributed by atoms with Crippen molar-refractivity contribution in [3.05, 3.63) is 60.0 Å². The van der Waals surface area contributed by atoms with Crippen LogP contribution in [-0.4, -0.2) is 63.9 Å². The number of likely N-dealkylation sites (tertiary alicyclic amines) is 1. The summed E-state index contributed by atoms with van der Waals surface area (Å²) in [5, 5.41) is 20.1. The Bertz CT molecular complexity index is 1070. The van der Waals surface area contributed by atoms with E-state index < -0.39 is 6.10 Å². The molecule has 0 saturated carbocycles. The number of nitrogens with one attached hydrogen (secondary N) is 2. The Hall–Kier alpha value is -3.39. The van der Waals surface area contributed by atoms with Gasteiger partial charge in [-0.15, -0.1) is 0 Å². The van der Waals surface area contributed by atoms with Crippen LogP contribution in [0.3, 0.4) is 0 Å². The number of aromatic amines is 1. The van der Waals surface area contributed by atoms with Crippen molar-refractivity contribution in [2.75, 3.05) is 13.7 Å². The van der Waals surface area contributed by atoms with Gasteiger partial charge in [0.1, 0.15) is 5.75 Å². The highest BCUT2D eigenvalue weighted by atomic mass is 16.5. The third-order valence-electron chi connectivity index (χ3n) is 6.12. The molecule has 1 aliphatic carbocycles. The lowest BCUT2D eigenvalue weighted by Gasteiger charge is -2.31. The molecule has 174 valence electrons. The molecule has 2 amide bonds. The number of methoxy groups -OCH3 is 1. The van der Waals surface area contributed by atoms with Crippen LogP contribution in [-0.2, 0) is 4.79 Å². The molecule has 2 unspecified atom stereocenters. The summed E-state index contributed by atoms with van der Waals surface area (Å²) in [7, 11) is 1.57. The fraction of sp³-hybridized carbons (Fsp3) is 0.400. The number of β-amino-alcohol motifs (C(OH)–C–C–N with tert-alkyl or cyclic N) is 1. The average molecular weight is 451 g/mol. The molecule has 2 aromatic rings. The van der Waals surface area contributed by atoms with Crippen LogP contribution in [0.5, 0.6) is 5.75 Å². The SMILES string of the molecule is COc1cc(C(=O)N2CC(O)C[C@@H]2C2C=C(C(=O)NC(C)C)C=CC2)ccc1-c1cn[nH]c1. The number of benzene rings is 1. The third kappa shape index (κ3) is 4.85. The maximum Gasteiger partial charge on any atom is 0.254 e. The second kappa shape index (κ2) is 9.62. The van der Waals surface area contributed by atoms with Crippen molar-refractivity contribution in [3.8, 4) is 16.9 Å². The van der Waals surface area contributed by atoms with Crippen molar-refractivity contribution < 1.29 is 19.4 Å². The molecule has 8 heteroatoms. The van der Waals surface area contributed by atoms with Crippen molar-refractivity contribution in [1.29, 1.82) is 0 Å². The van der Waals surface area contributed by atoms with Gasteiger partial charge in [-0.25, -0.2) is 0 Å². The average Bonchev–Trinajstić information content (AvgIpc) is 3.48. The van der Waals surface area contributed by atoms with Gasteiger partial charge in [-0.3, -0.25) is 14.7 Å². The summed E-state index contributed by atoms with van der Waals surface area (Å²) in [5.74, 6) is 0.245. The van der Waals surface area contributed by atoms with Crippen molar-refractivity contribution in [2.45, 2.75) is 44.9 Å². The molecule has 4 rings (SSSR count). The second-order valence-corrected chi connectivity index (χ2v) is 8.87. The Morgan fingerprint density at radius 1 is 1.33 bits per heavy atom. The number of amides is 2. The minimum Gasteiger partial charge on any atom is -0.496 e. The van der Waals surface area contributed by atoms with Crippen LogP contribution >= 0.6 is 0 Å². The fourth-order valence-electron chi connectivity index (χ4n) is 4.58. The van der Waals surface area contributed by atoms with E-state index in [1.165, 1.54) is 0 Å². The fourth-order valence-corrected chi connectivity index (χ4v) is 4.58. The van der Waals surface area contributed by atoms with Crippen LogP contribution in [0.15, 0.2) is 54.4 Å². The molecule has 0 radical (unpaired) electrons. The highest BCUT2D eigenvalue weighted by Crippen LogP contribution is 2.34. The van der Waals surface area contributed by atoms with Gasteiger partial charge in [0.25, 0.3) is 11.8 Å². The van der Waals surface area contributed by atoms with Gasteiger partial charge >= 0.3 is 0 Å². The highest BCUT2D eigenvalue weighted by molar-refractivity contribution is 5.97. The van der Waals surface area contributed by atoms with E-state index in [4.69, 9.17) is 4.74 Å². The molecular weight excluding hydrogens is 420 g/mol. The summed E-state index contributed by atoms with van der Waals surface area (Å²) in [6.45, 7) is 4.10. The number of allylic oxidation sites excluding steroid dienone is 1. The molecule has 2 aliphatic rings. The normalized spacial score (nSPS) is 22.4. The number of ether oxygens (including phenoxy) is 1. The van der Waals surface area contributed by atoms with E-state index in [9.17, 15) is 14.7 Å². The Morgan fingerprint density at radius 2 is 2.15 bits per heavy atom. The minimum atomic E-state index is -0.599. The van der Waals surface area contributed by atoms with E-state index in [1.807, 2.05) is 38.1 Å². The third-order valence-corrected chi connectivity index (χ3v) is 6.12. The summed E-state index contributed by atoms with van der Waals surface area (Å²) in [5.41, 5.74) is 2.79. The largest absolute Gasteiger partial charge is 0.496 e. The van der Waals surface area contributed by atoms with E-state index in [2.05, 4.69) is 15.5 Å². The molecule has 3 atom stereocenters. The lowest BCUT2D eigenvalue weighted by atomic mass is 9.87. The lowest BCUT2D eigenvalue weighted by molar-refractivity contribution is -0.117. The Morgan fingerprint density at radius 3 is 2.85 bits per heavy atom. The summed E-state index contributed by atoms with van der Waals surface area (Å²) in [4.78, 5) is 27.7. The zero-order valence-electron chi connectivity index (χ0n) is 19.1. The number of carbonyl (C=O) groups excluding carboxylic acids is 2. The van der Waals surface area contributed by atoms with Crippen LogP contribution in [0.1, 0.15) is 37.0 Å². The highest BCUT2D eigenvalue weighted by Gasteiger charge is 2.39. The Labute approximate surface area is 193 Å². The Balaban J connectivity index is 1.58. The van der Waals surface area contributed by atoms with Gasteiger partial charge in [0.05, 0.1) is 19.4 Å². The number of aliphatic hydroxyl groups is 1. The number of aromatic nitrogens is 2. The monoisotopic (exact) mass is 450 g/mol. The quantitative estimate of drug-likeness (QED) is 0.627. The summed E-state index contributed by atoms with van der Waals surface area (Å²) in [6, 6.07) is 5.19. The first-order valence-electron chi connectivity index (χ1n) is 11.2. The van der Waals surface area contributed by atoms with Gasteiger partial charge in [0.2, 0.25) is 0 Å². The molecule has 1 saturated heterocycles. The zero-order chi connectivity index (χ0) is 23.5. The molecular formula is C25H30N4O4. The van der Waals surface area contributed by atoms with Crippen molar-refractivity contribution in [1.82, 2.24) is 20.4 Å². The van der Waals surface area contributed by atoms with Gasteiger partial charge in [-0.1, -0.05) is 18.2 Å². The van der Waals surface area contributed by atoms with Gasteiger partial charge in [-0.2, -0.15) is 5.10 Å². The smallest absolute Gasteiger partial charge is 0.254 e.